The predicted octanol–water partition coefficient (Wildman–Crippen LogP) is 3.11. The van der Waals surface area contributed by atoms with Gasteiger partial charge in [-0.2, -0.15) is 5.26 Å². The second-order valence-electron chi connectivity index (χ2n) is 4.59. The van der Waals surface area contributed by atoms with E-state index in [9.17, 15) is 13.6 Å². The van der Waals surface area contributed by atoms with Gasteiger partial charge in [0.15, 0.2) is 0 Å². The normalized spacial score (nSPS) is 10.0. The zero-order chi connectivity index (χ0) is 15.4. The van der Waals surface area contributed by atoms with Crippen LogP contribution in [0.15, 0.2) is 42.5 Å². The fourth-order valence-electron chi connectivity index (χ4n) is 1.92. The van der Waals surface area contributed by atoms with E-state index in [1.807, 2.05) is 6.07 Å². The Bertz CT molecular complexity index is 722. The molecule has 0 unspecified atom stereocenters. The van der Waals surface area contributed by atoms with Gasteiger partial charge in [0.05, 0.1) is 11.6 Å². The summed E-state index contributed by atoms with van der Waals surface area (Å²) < 4.78 is 26.4. The molecule has 5 heteroatoms. The molecule has 0 bridgehead atoms. The highest BCUT2D eigenvalue weighted by molar-refractivity contribution is 5.94. The Morgan fingerprint density at radius 1 is 1.24 bits per heavy atom. The molecule has 0 heterocycles. The third-order valence-electron chi connectivity index (χ3n) is 3.01. The van der Waals surface area contributed by atoms with Gasteiger partial charge in [-0.3, -0.25) is 4.79 Å². The molecule has 2 aromatic carbocycles. The first kappa shape index (κ1) is 14.7. The van der Waals surface area contributed by atoms with Crippen LogP contribution >= 0.6 is 0 Å². The van der Waals surface area contributed by atoms with Crippen molar-refractivity contribution >= 4 is 5.91 Å². The summed E-state index contributed by atoms with van der Waals surface area (Å²) in [5, 5.41) is 8.82. The Balaban J connectivity index is 2.17. The van der Waals surface area contributed by atoms with Crippen molar-refractivity contribution in [3.63, 3.8) is 0 Å². The quantitative estimate of drug-likeness (QED) is 0.870. The zero-order valence-electron chi connectivity index (χ0n) is 11.3. The summed E-state index contributed by atoms with van der Waals surface area (Å²) in [4.78, 5) is 13.5. The largest absolute Gasteiger partial charge is 0.337 e. The lowest BCUT2D eigenvalue weighted by molar-refractivity contribution is 0.0784. The molecule has 2 aromatic rings. The van der Waals surface area contributed by atoms with Crippen molar-refractivity contribution < 1.29 is 13.6 Å². The van der Waals surface area contributed by atoms with Crippen LogP contribution in [0, 0.1) is 23.0 Å². The summed E-state index contributed by atoms with van der Waals surface area (Å²) in [6, 6.07) is 11.4. The van der Waals surface area contributed by atoms with Gasteiger partial charge in [-0.15, -0.1) is 0 Å². The highest BCUT2D eigenvalue weighted by Gasteiger charge is 2.14. The van der Waals surface area contributed by atoms with Crippen LogP contribution in [0.25, 0.3) is 0 Å². The average Bonchev–Trinajstić information content (AvgIpc) is 2.49. The Labute approximate surface area is 121 Å². The summed E-state index contributed by atoms with van der Waals surface area (Å²) in [6.45, 7) is 0.0156. The maximum atomic E-state index is 13.6. The van der Waals surface area contributed by atoms with Crippen LogP contribution in [-0.4, -0.2) is 17.9 Å². The minimum absolute atomic E-state index is 0.0156. The van der Waals surface area contributed by atoms with Crippen LogP contribution in [-0.2, 0) is 6.54 Å². The number of nitrogens with zero attached hydrogens (tertiary/aromatic N) is 2. The summed E-state index contributed by atoms with van der Waals surface area (Å²) in [5.74, 6) is -1.69. The third kappa shape index (κ3) is 3.42. The van der Waals surface area contributed by atoms with Gasteiger partial charge in [0.2, 0.25) is 0 Å². The van der Waals surface area contributed by atoms with Crippen molar-refractivity contribution in [3.05, 3.63) is 70.8 Å². The number of amides is 1. The van der Waals surface area contributed by atoms with Crippen LogP contribution < -0.4 is 0 Å². The molecular formula is C16H12F2N2O. The number of carbonyl (C=O) groups is 1. The third-order valence-corrected chi connectivity index (χ3v) is 3.01. The molecule has 0 aliphatic carbocycles. The molecule has 106 valence electrons. The van der Waals surface area contributed by atoms with Crippen LogP contribution in [0.4, 0.5) is 8.78 Å². The number of carbonyl (C=O) groups excluding carboxylic acids is 1. The molecule has 3 nitrogen and oxygen atoms in total. The fourth-order valence-corrected chi connectivity index (χ4v) is 1.92. The molecule has 2 rings (SSSR count). The molecule has 21 heavy (non-hydrogen) atoms. The number of nitriles is 1. The van der Waals surface area contributed by atoms with E-state index in [-0.39, 0.29) is 18.0 Å². The first-order valence-corrected chi connectivity index (χ1v) is 6.21. The number of hydrogen-bond donors (Lipinski definition) is 0. The van der Waals surface area contributed by atoms with E-state index in [4.69, 9.17) is 5.26 Å². The summed E-state index contributed by atoms with van der Waals surface area (Å²) in [5.41, 5.74) is 0.949. The highest BCUT2D eigenvalue weighted by atomic mass is 19.1. The smallest absolute Gasteiger partial charge is 0.253 e. The Hall–Kier alpha value is -2.74. The van der Waals surface area contributed by atoms with E-state index >= 15 is 0 Å². The van der Waals surface area contributed by atoms with Gasteiger partial charge in [0.1, 0.15) is 11.6 Å². The van der Waals surface area contributed by atoms with E-state index in [0.717, 1.165) is 12.1 Å². The van der Waals surface area contributed by atoms with E-state index in [1.165, 1.54) is 24.1 Å². The van der Waals surface area contributed by atoms with Crippen LogP contribution in [0.3, 0.4) is 0 Å². The summed E-state index contributed by atoms with van der Waals surface area (Å²) in [7, 11) is 1.52. The molecule has 0 aromatic heterocycles. The lowest BCUT2D eigenvalue weighted by Crippen LogP contribution is -2.26. The zero-order valence-corrected chi connectivity index (χ0v) is 11.3. The Morgan fingerprint density at radius 3 is 2.67 bits per heavy atom. The molecular weight excluding hydrogens is 274 g/mol. The lowest BCUT2D eigenvalue weighted by atomic mass is 10.1. The second-order valence-corrected chi connectivity index (χ2v) is 4.59. The van der Waals surface area contributed by atoms with E-state index in [1.54, 1.807) is 18.2 Å². The number of benzene rings is 2. The number of hydrogen-bond acceptors (Lipinski definition) is 2. The Kier molecular flexibility index (Phi) is 4.29. The topological polar surface area (TPSA) is 44.1 Å². The molecule has 0 atom stereocenters. The van der Waals surface area contributed by atoms with Crippen LogP contribution in [0.2, 0.25) is 0 Å². The fraction of sp³-hybridized carbons (Fsp3) is 0.125. The van der Waals surface area contributed by atoms with Crippen molar-refractivity contribution in [1.82, 2.24) is 4.90 Å². The monoisotopic (exact) mass is 286 g/mol. The van der Waals surface area contributed by atoms with E-state index in [2.05, 4.69) is 0 Å². The molecule has 0 fully saturated rings. The maximum Gasteiger partial charge on any atom is 0.253 e. The molecule has 1 amide bonds. The lowest BCUT2D eigenvalue weighted by Gasteiger charge is -2.18. The van der Waals surface area contributed by atoms with Crippen molar-refractivity contribution in [2.45, 2.75) is 6.54 Å². The van der Waals surface area contributed by atoms with Crippen molar-refractivity contribution in [2.75, 3.05) is 7.05 Å². The van der Waals surface area contributed by atoms with E-state index in [0.29, 0.717) is 11.1 Å². The second kappa shape index (κ2) is 6.14. The SMILES string of the molecule is CN(Cc1ccc(F)cc1F)C(=O)c1cccc(C#N)c1. The van der Waals surface area contributed by atoms with Crippen molar-refractivity contribution in [3.8, 4) is 6.07 Å². The number of rotatable bonds is 3. The van der Waals surface area contributed by atoms with Gasteiger partial charge < -0.3 is 4.90 Å². The molecule has 0 saturated heterocycles. The van der Waals surface area contributed by atoms with Gasteiger partial charge in [-0.1, -0.05) is 12.1 Å². The van der Waals surface area contributed by atoms with Gasteiger partial charge in [-0.25, -0.2) is 8.78 Å². The van der Waals surface area contributed by atoms with E-state index < -0.39 is 11.6 Å². The Morgan fingerprint density at radius 2 is 2.00 bits per heavy atom. The van der Waals surface area contributed by atoms with Crippen molar-refractivity contribution in [2.24, 2.45) is 0 Å². The first-order valence-electron chi connectivity index (χ1n) is 6.21. The molecule has 0 aliphatic rings. The molecule has 0 saturated carbocycles. The highest BCUT2D eigenvalue weighted by Crippen LogP contribution is 2.14. The van der Waals surface area contributed by atoms with Gasteiger partial charge >= 0.3 is 0 Å². The van der Waals surface area contributed by atoms with Gasteiger partial charge in [0, 0.05) is 30.8 Å². The summed E-state index contributed by atoms with van der Waals surface area (Å²) >= 11 is 0. The van der Waals surface area contributed by atoms with Gasteiger partial charge in [0.25, 0.3) is 5.91 Å². The molecule has 0 spiro atoms. The first-order chi connectivity index (χ1) is 10.0. The van der Waals surface area contributed by atoms with Crippen molar-refractivity contribution in [1.29, 1.82) is 5.26 Å². The van der Waals surface area contributed by atoms with Crippen LogP contribution in [0.5, 0.6) is 0 Å². The van der Waals surface area contributed by atoms with Gasteiger partial charge in [-0.05, 0) is 24.3 Å². The predicted molar refractivity (Wildman–Crippen MR) is 73.3 cm³/mol. The standard InChI is InChI=1S/C16H12F2N2O/c1-20(10-13-5-6-14(17)8-15(13)18)16(21)12-4-2-3-11(7-12)9-19/h2-8H,10H2,1H3. The number of halogens is 2. The molecule has 0 N–H and O–H groups in total. The maximum absolute atomic E-state index is 13.6. The minimum atomic E-state index is -0.694. The summed E-state index contributed by atoms with van der Waals surface area (Å²) in [6.07, 6.45) is 0. The molecule has 0 radical (unpaired) electrons. The average molecular weight is 286 g/mol. The molecule has 0 aliphatic heterocycles. The van der Waals surface area contributed by atoms with Crippen LogP contribution in [0.1, 0.15) is 21.5 Å². The minimum Gasteiger partial charge on any atom is -0.337 e.